The van der Waals surface area contributed by atoms with Crippen LogP contribution >= 0.6 is 0 Å². The normalized spacial score (nSPS) is 6.75. The summed E-state index contributed by atoms with van der Waals surface area (Å²) in [6.07, 6.45) is 0. The molecule has 0 bridgehead atoms. The van der Waals surface area contributed by atoms with E-state index in [2.05, 4.69) is 0 Å². The van der Waals surface area contributed by atoms with Gasteiger partial charge >= 0.3 is 0 Å². The van der Waals surface area contributed by atoms with Crippen LogP contribution in [0, 0.1) is 0 Å². The third-order valence-corrected chi connectivity index (χ3v) is 0. The van der Waals surface area contributed by atoms with E-state index in [1.807, 2.05) is 33.0 Å². The zero-order valence-electron chi connectivity index (χ0n) is 6.44. The average Bonchev–Trinajstić information content (AvgIpc) is 1.33. The van der Waals surface area contributed by atoms with E-state index in [1.54, 1.807) is 0 Å². The molecule has 3 nitrogen and oxygen atoms in total. The first-order chi connectivity index (χ1) is 3.15. The van der Waals surface area contributed by atoms with E-state index >= 15 is 0 Å². The second kappa shape index (κ2) is 15.8. The fraction of sp³-hybridized carbons (Fsp3) is 1.00. The summed E-state index contributed by atoms with van der Waals surface area (Å²) in [5.41, 5.74) is 4.85. The van der Waals surface area contributed by atoms with Crippen molar-refractivity contribution < 1.29 is 0 Å². The molecule has 0 amide bonds. The molecule has 0 aliphatic heterocycles. The molecule has 0 saturated heterocycles. The largest absolute Gasteiger partial charge is 0.344 e. The molecule has 0 fully saturated rings. The minimum atomic E-state index is 0. The highest BCUT2D eigenvalue weighted by molar-refractivity contribution is 4.09. The Balaban J connectivity index is -0.0000000575. The van der Waals surface area contributed by atoms with Gasteiger partial charge in [0.15, 0.2) is 0 Å². The maximum absolute atomic E-state index is 4.85. The molecule has 0 radical (unpaired) electrons. The van der Waals surface area contributed by atoms with Crippen molar-refractivity contribution in [2.75, 3.05) is 27.7 Å². The van der Waals surface area contributed by atoms with Crippen LogP contribution in [0.25, 0.3) is 0 Å². The second-order valence-corrected chi connectivity index (χ2v) is 1.75. The van der Waals surface area contributed by atoms with Gasteiger partial charge in [-0.2, -0.15) is 0 Å². The van der Waals surface area contributed by atoms with E-state index in [1.165, 1.54) is 0 Å². The van der Waals surface area contributed by atoms with Gasteiger partial charge in [-0.05, 0) is 27.7 Å². The zero-order chi connectivity index (χ0) is 6.28. The van der Waals surface area contributed by atoms with Gasteiger partial charge in [0, 0.05) is 0 Å². The van der Waals surface area contributed by atoms with Gasteiger partial charge in [0.05, 0.1) is 0 Å². The molecule has 0 aromatic rings. The zero-order valence-corrected chi connectivity index (χ0v) is 6.44. The number of nitrogens with two attached hydrogens (primary N) is 1. The first-order valence-electron chi connectivity index (χ1n) is 2.46. The van der Waals surface area contributed by atoms with Gasteiger partial charge < -0.3 is 16.8 Å². The minimum absolute atomic E-state index is 0. The molecule has 0 aromatic carbocycles. The lowest BCUT2D eigenvalue weighted by Gasteiger charge is -1.90. The van der Waals surface area contributed by atoms with E-state index in [0.717, 1.165) is 6.54 Å². The first-order valence-corrected chi connectivity index (χ1v) is 2.46. The van der Waals surface area contributed by atoms with Crippen molar-refractivity contribution in [3.63, 3.8) is 0 Å². The predicted molar refractivity (Wildman–Crippen MR) is 39.4 cm³/mol. The monoisotopic (exact) mass is 121 g/mol. The highest BCUT2D eigenvalue weighted by Gasteiger charge is 1.58. The van der Waals surface area contributed by atoms with Crippen molar-refractivity contribution in [2.24, 2.45) is 5.73 Å². The molecule has 5 N–H and O–H groups in total. The molecule has 54 valence electrons. The van der Waals surface area contributed by atoms with Crippen LogP contribution in [0.1, 0.15) is 6.92 Å². The maximum atomic E-state index is 4.85. The van der Waals surface area contributed by atoms with E-state index in [9.17, 15) is 0 Å². The molecule has 0 aliphatic carbocycles. The highest BCUT2D eigenvalue weighted by atomic mass is 15.0. The fourth-order valence-corrected chi connectivity index (χ4v) is 0. The Kier molecular flexibility index (Phi) is 30.9. The van der Waals surface area contributed by atoms with Gasteiger partial charge in [0.25, 0.3) is 0 Å². The van der Waals surface area contributed by atoms with Gasteiger partial charge in [-0.3, -0.25) is 0 Å². The summed E-state index contributed by atoms with van der Waals surface area (Å²) in [6, 6.07) is 0. The minimum Gasteiger partial charge on any atom is -0.344 e. The average molecular weight is 121 g/mol. The summed E-state index contributed by atoms with van der Waals surface area (Å²) in [4.78, 5) is 2.00. The van der Waals surface area contributed by atoms with Gasteiger partial charge in [-0.25, -0.2) is 0 Å². The topological polar surface area (TPSA) is 64.3 Å². The SMILES string of the molecule is CCN.CN(C)C.N. The summed E-state index contributed by atoms with van der Waals surface area (Å²) in [6.45, 7) is 2.65. The quantitative estimate of drug-likeness (QED) is 0.484. The number of hydrogen-bond donors (Lipinski definition) is 2. The van der Waals surface area contributed by atoms with Crippen LogP contribution in [0.4, 0.5) is 0 Å². The molecule has 0 heterocycles. The lowest BCUT2D eigenvalue weighted by molar-refractivity contribution is 0.505. The Morgan fingerprint density at radius 1 is 1.25 bits per heavy atom. The number of rotatable bonds is 0. The van der Waals surface area contributed by atoms with Gasteiger partial charge in [0.1, 0.15) is 0 Å². The summed E-state index contributed by atoms with van der Waals surface area (Å²) in [7, 11) is 6.00. The Hall–Kier alpha value is -0.120. The fourth-order valence-electron chi connectivity index (χ4n) is 0. The van der Waals surface area contributed by atoms with Crippen LogP contribution in [-0.2, 0) is 0 Å². The van der Waals surface area contributed by atoms with E-state index in [-0.39, 0.29) is 6.15 Å². The van der Waals surface area contributed by atoms with Crippen LogP contribution in [0.5, 0.6) is 0 Å². The molecule has 0 saturated carbocycles. The summed E-state index contributed by atoms with van der Waals surface area (Å²) < 4.78 is 0. The van der Waals surface area contributed by atoms with Crippen LogP contribution in [-0.4, -0.2) is 32.6 Å². The molecule has 3 heteroatoms. The third kappa shape index (κ3) is 9720. The summed E-state index contributed by atoms with van der Waals surface area (Å²) >= 11 is 0. The Morgan fingerprint density at radius 3 is 1.25 bits per heavy atom. The molecule has 0 aromatic heterocycles. The molecular weight excluding hydrogens is 102 g/mol. The van der Waals surface area contributed by atoms with Crippen LogP contribution in [0.15, 0.2) is 0 Å². The molecule has 0 unspecified atom stereocenters. The van der Waals surface area contributed by atoms with E-state index in [0.29, 0.717) is 0 Å². The van der Waals surface area contributed by atoms with Crippen molar-refractivity contribution in [3.05, 3.63) is 0 Å². The Morgan fingerprint density at radius 2 is 1.25 bits per heavy atom. The van der Waals surface area contributed by atoms with Crippen molar-refractivity contribution in [3.8, 4) is 0 Å². The van der Waals surface area contributed by atoms with Gasteiger partial charge in [-0.15, -0.1) is 0 Å². The summed E-state index contributed by atoms with van der Waals surface area (Å²) in [5, 5.41) is 0. The Bertz CT molecular complexity index is 18.9. The van der Waals surface area contributed by atoms with Crippen LogP contribution < -0.4 is 11.9 Å². The van der Waals surface area contributed by atoms with Gasteiger partial charge in [-0.1, -0.05) is 6.92 Å². The van der Waals surface area contributed by atoms with E-state index in [4.69, 9.17) is 5.73 Å². The van der Waals surface area contributed by atoms with Crippen LogP contribution in [0.3, 0.4) is 0 Å². The number of hydrogen-bond acceptors (Lipinski definition) is 3. The second-order valence-electron chi connectivity index (χ2n) is 1.75. The maximum Gasteiger partial charge on any atom is -0.0106 e. The van der Waals surface area contributed by atoms with E-state index < -0.39 is 0 Å². The molecule has 0 rings (SSSR count). The molecule has 8 heavy (non-hydrogen) atoms. The van der Waals surface area contributed by atoms with Crippen molar-refractivity contribution in [1.82, 2.24) is 11.1 Å². The molecule has 0 aliphatic rings. The standard InChI is InChI=1S/C3H9N.C2H7N.H3N/c1-4(2)3;1-2-3;/h1-3H3;2-3H2,1H3;1H3. The lowest BCUT2D eigenvalue weighted by Crippen LogP contribution is -1.99. The predicted octanol–water partition coefficient (Wildman–Crippen LogP) is 0.305. The van der Waals surface area contributed by atoms with Crippen molar-refractivity contribution in [1.29, 1.82) is 0 Å². The lowest BCUT2D eigenvalue weighted by atomic mass is 10.8. The number of nitrogens with zero attached hydrogens (tertiary/aromatic N) is 1. The Labute approximate surface area is 52.4 Å². The first kappa shape index (κ1) is 15.7. The molecule has 0 atom stereocenters. The van der Waals surface area contributed by atoms with Gasteiger partial charge in [0.2, 0.25) is 0 Å². The van der Waals surface area contributed by atoms with Crippen LogP contribution in [0.2, 0.25) is 0 Å². The molecule has 0 spiro atoms. The third-order valence-electron chi connectivity index (χ3n) is 0. The highest BCUT2D eigenvalue weighted by Crippen LogP contribution is 1.47. The molecular formula is C5H19N3. The van der Waals surface area contributed by atoms with Crippen molar-refractivity contribution in [2.45, 2.75) is 6.92 Å². The summed E-state index contributed by atoms with van der Waals surface area (Å²) in [5.74, 6) is 0. The van der Waals surface area contributed by atoms with Crippen molar-refractivity contribution >= 4 is 0 Å². The smallest absolute Gasteiger partial charge is 0.0106 e.